The van der Waals surface area contributed by atoms with E-state index in [0.717, 1.165) is 0 Å². The molecular weight excluding hydrogens is 186 g/mol. The van der Waals surface area contributed by atoms with Crippen molar-refractivity contribution in [3.63, 3.8) is 0 Å². The normalized spacial score (nSPS) is 14.3. The van der Waals surface area contributed by atoms with Gasteiger partial charge in [-0.1, -0.05) is 6.92 Å². The van der Waals surface area contributed by atoms with Crippen LogP contribution in [0.4, 0.5) is 4.79 Å². The molecule has 14 heavy (non-hydrogen) atoms. The molecule has 82 valence electrons. The molecule has 0 aromatic heterocycles. The van der Waals surface area contributed by atoms with Gasteiger partial charge in [-0.05, 0) is 6.92 Å². The number of alkyl carbamates (subject to hydrolysis) is 1. The monoisotopic (exact) mass is 203 g/mol. The van der Waals surface area contributed by atoms with Crippen molar-refractivity contribution in [3.8, 4) is 0 Å². The Kier molecular flexibility index (Phi) is 5.87. The summed E-state index contributed by atoms with van der Waals surface area (Å²) in [6.45, 7) is 3.45. The molecular formula is C9H17NO4. The number of carbonyl (C=O) groups is 2. The molecule has 1 N–H and O–H groups in total. The SMILES string of the molecule is CCC(=O)C(NC(=O)OC)C(C)OC. The van der Waals surface area contributed by atoms with Crippen molar-refractivity contribution < 1.29 is 19.1 Å². The summed E-state index contributed by atoms with van der Waals surface area (Å²) in [7, 11) is 2.74. The first kappa shape index (κ1) is 12.9. The predicted molar refractivity (Wildman–Crippen MR) is 51.1 cm³/mol. The van der Waals surface area contributed by atoms with E-state index >= 15 is 0 Å². The minimum Gasteiger partial charge on any atom is -0.453 e. The molecule has 0 spiro atoms. The molecule has 0 bridgehead atoms. The summed E-state index contributed by atoms with van der Waals surface area (Å²) >= 11 is 0. The van der Waals surface area contributed by atoms with Gasteiger partial charge in [0.2, 0.25) is 0 Å². The zero-order valence-corrected chi connectivity index (χ0v) is 8.99. The molecule has 0 rings (SSSR count). The van der Waals surface area contributed by atoms with Crippen molar-refractivity contribution in [1.29, 1.82) is 0 Å². The fraction of sp³-hybridized carbons (Fsp3) is 0.778. The van der Waals surface area contributed by atoms with Crippen LogP contribution < -0.4 is 5.32 Å². The molecule has 0 saturated carbocycles. The molecule has 2 atom stereocenters. The van der Waals surface area contributed by atoms with Crippen molar-refractivity contribution in [2.24, 2.45) is 0 Å². The average Bonchev–Trinajstić information content (AvgIpc) is 2.23. The van der Waals surface area contributed by atoms with E-state index in [1.165, 1.54) is 14.2 Å². The van der Waals surface area contributed by atoms with Crippen molar-refractivity contribution in [2.75, 3.05) is 14.2 Å². The number of amides is 1. The zero-order valence-electron chi connectivity index (χ0n) is 8.99. The van der Waals surface area contributed by atoms with E-state index in [9.17, 15) is 9.59 Å². The number of hydrogen-bond acceptors (Lipinski definition) is 4. The van der Waals surface area contributed by atoms with E-state index in [1.54, 1.807) is 13.8 Å². The molecule has 0 fully saturated rings. The minimum absolute atomic E-state index is 0.0789. The van der Waals surface area contributed by atoms with Crippen molar-refractivity contribution >= 4 is 11.9 Å². The Morgan fingerprint density at radius 2 is 1.93 bits per heavy atom. The molecule has 0 aliphatic heterocycles. The van der Waals surface area contributed by atoms with Gasteiger partial charge in [0.15, 0.2) is 5.78 Å². The summed E-state index contributed by atoms with van der Waals surface area (Å²) in [6.07, 6.45) is -0.634. The fourth-order valence-electron chi connectivity index (χ4n) is 1.00. The van der Waals surface area contributed by atoms with E-state index < -0.39 is 12.1 Å². The summed E-state index contributed by atoms with van der Waals surface area (Å²) in [6, 6.07) is -0.641. The molecule has 0 aliphatic carbocycles. The summed E-state index contributed by atoms with van der Waals surface area (Å²) in [5, 5.41) is 2.43. The molecule has 0 aromatic carbocycles. The van der Waals surface area contributed by atoms with Crippen molar-refractivity contribution in [1.82, 2.24) is 5.32 Å². The van der Waals surface area contributed by atoms with E-state index in [4.69, 9.17) is 4.74 Å². The van der Waals surface area contributed by atoms with E-state index in [-0.39, 0.29) is 11.9 Å². The zero-order chi connectivity index (χ0) is 11.1. The summed E-state index contributed by atoms with van der Waals surface area (Å²) in [5.41, 5.74) is 0. The van der Waals surface area contributed by atoms with Gasteiger partial charge < -0.3 is 14.8 Å². The topological polar surface area (TPSA) is 64.6 Å². The molecule has 0 aromatic rings. The summed E-state index contributed by atoms with van der Waals surface area (Å²) in [4.78, 5) is 22.3. The van der Waals surface area contributed by atoms with Crippen LogP contribution in [0.3, 0.4) is 0 Å². The maximum Gasteiger partial charge on any atom is 0.407 e. The van der Waals surface area contributed by atoms with Crippen LogP contribution in [0.5, 0.6) is 0 Å². The number of nitrogens with one attached hydrogen (secondary N) is 1. The predicted octanol–water partition coefficient (Wildman–Crippen LogP) is 0.725. The molecule has 0 saturated heterocycles. The molecule has 5 heteroatoms. The van der Waals surface area contributed by atoms with Crippen LogP contribution in [-0.2, 0) is 14.3 Å². The fourth-order valence-corrected chi connectivity index (χ4v) is 1.00. The van der Waals surface area contributed by atoms with E-state index in [1.807, 2.05) is 0 Å². The standard InChI is InChI=1S/C9H17NO4/c1-5-7(11)8(6(2)13-3)10-9(12)14-4/h6,8H,5H2,1-4H3,(H,10,12). The van der Waals surface area contributed by atoms with Gasteiger partial charge in [-0.15, -0.1) is 0 Å². The molecule has 1 amide bonds. The van der Waals surface area contributed by atoms with Crippen LogP contribution in [0.15, 0.2) is 0 Å². The maximum absolute atomic E-state index is 11.4. The Balaban J connectivity index is 4.39. The van der Waals surface area contributed by atoms with Gasteiger partial charge in [0, 0.05) is 13.5 Å². The third-order valence-electron chi connectivity index (χ3n) is 2.00. The number of hydrogen-bond donors (Lipinski definition) is 1. The van der Waals surface area contributed by atoms with Crippen LogP contribution in [0.1, 0.15) is 20.3 Å². The molecule has 0 aliphatic rings. The van der Waals surface area contributed by atoms with Crippen LogP contribution in [0, 0.1) is 0 Å². The van der Waals surface area contributed by atoms with E-state index in [2.05, 4.69) is 10.1 Å². The third-order valence-corrected chi connectivity index (χ3v) is 2.00. The Bertz CT molecular complexity index is 205. The molecule has 2 unspecified atom stereocenters. The van der Waals surface area contributed by atoms with Gasteiger partial charge in [0.05, 0.1) is 13.2 Å². The quantitative estimate of drug-likeness (QED) is 0.715. The Morgan fingerprint density at radius 1 is 1.36 bits per heavy atom. The number of carbonyl (C=O) groups excluding carboxylic acids is 2. The number of ketones is 1. The Labute approximate surface area is 83.8 Å². The largest absolute Gasteiger partial charge is 0.453 e. The number of Topliss-reactive ketones (excluding diaryl/α,β-unsaturated/α-hetero) is 1. The number of ether oxygens (including phenoxy) is 2. The Hall–Kier alpha value is -1.10. The number of rotatable bonds is 5. The van der Waals surface area contributed by atoms with Gasteiger partial charge in [0.25, 0.3) is 0 Å². The van der Waals surface area contributed by atoms with Crippen molar-refractivity contribution in [3.05, 3.63) is 0 Å². The first-order valence-electron chi connectivity index (χ1n) is 4.46. The molecule has 0 radical (unpaired) electrons. The minimum atomic E-state index is -0.641. The number of methoxy groups -OCH3 is 2. The highest BCUT2D eigenvalue weighted by Gasteiger charge is 2.25. The van der Waals surface area contributed by atoms with E-state index in [0.29, 0.717) is 6.42 Å². The van der Waals surface area contributed by atoms with Crippen LogP contribution >= 0.6 is 0 Å². The van der Waals surface area contributed by atoms with Crippen LogP contribution in [-0.4, -0.2) is 38.2 Å². The van der Waals surface area contributed by atoms with Gasteiger partial charge in [-0.2, -0.15) is 0 Å². The smallest absolute Gasteiger partial charge is 0.407 e. The summed E-state index contributed by atoms with van der Waals surface area (Å²) in [5.74, 6) is -0.0789. The first-order valence-corrected chi connectivity index (χ1v) is 4.46. The van der Waals surface area contributed by atoms with Gasteiger partial charge in [0.1, 0.15) is 6.04 Å². The highest BCUT2D eigenvalue weighted by molar-refractivity contribution is 5.87. The molecule has 0 heterocycles. The second kappa shape index (κ2) is 6.37. The molecule has 5 nitrogen and oxygen atoms in total. The van der Waals surface area contributed by atoms with Crippen LogP contribution in [0.25, 0.3) is 0 Å². The first-order chi connectivity index (χ1) is 6.56. The average molecular weight is 203 g/mol. The van der Waals surface area contributed by atoms with Gasteiger partial charge >= 0.3 is 6.09 Å². The second-order valence-corrected chi connectivity index (χ2v) is 2.87. The third kappa shape index (κ3) is 3.74. The highest BCUT2D eigenvalue weighted by Crippen LogP contribution is 2.02. The van der Waals surface area contributed by atoms with Gasteiger partial charge in [-0.3, -0.25) is 4.79 Å². The Morgan fingerprint density at radius 3 is 2.29 bits per heavy atom. The maximum atomic E-state index is 11.4. The highest BCUT2D eigenvalue weighted by atomic mass is 16.5. The lowest BCUT2D eigenvalue weighted by molar-refractivity contribution is -0.123. The second-order valence-electron chi connectivity index (χ2n) is 2.87. The lowest BCUT2D eigenvalue weighted by Gasteiger charge is -2.21. The summed E-state index contributed by atoms with van der Waals surface area (Å²) < 4.78 is 9.40. The lowest BCUT2D eigenvalue weighted by Crippen LogP contribution is -2.48. The van der Waals surface area contributed by atoms with Crippen LogP contribution in [0.2, 0.25) is 0 Å². The lowest BCUT2D eigenvalue weighted by atomic mass is 10.1. The van der Waals surface area contributed by atoms with Gasteiger partial charge in [-0.25, -0.2) is 4.79 Å². The van der Waals surface area contributed by atoms with Crippen molar-refractivity contribution in [2.45, 2.75) is 32.4 Å².